The highest BCUT2D eigenvalue weighted by molar-refractivity contribution is 4.71. The van der Waals surface area contributed by atoms with E-state index in [0.717, 1.165) is 19.8 Å². The van der Waals surface area contributed by atoms with Crippen molar-refractivity contribution in [3.63, 3.8) is 0 Å². The first kappa shape index (κ1) is 12.9. The van der Waals surface area contributed by atoms with Gasteiger partial charge in [-0.05, 0) is 25.8 Å². The first-order chi connectivity index (χ1) is 6.26. The molecule has 0 aliphatic rings. The SMILES string of the molecule is CCCNC(COCC)C(C)CC. The summed E-state index contributed by atoms with van der Waals surface area (Å²) in [5.74, 6) is 0.707. The standard InChI is InChI=1S/C11H25NO/c1-5-8-12-11(9-13-7-3)10(4)6-2/h10-12H,5-9H2,1-4H3. The number of hydrogen-bond acceptors (Lipinski definition) is 2. The second-order valence-corrected chi connectivity index (χ2v) is 3.61. The van der Waals surface area contributed by atoms with Crippen molar-refractivity contribution < 1.29 is 4.74 Å². The maximum Gasteiger partial charge on any atom is 0.0622 e. The molecule has 2 unspecified atom stereocenters. The van der Waals surface area contributed by atoms with Crippen LogP contribution in [0.25, 0.3) is 0 Å². The van der Waals surface area contributed by atoms with Crippen molar-refractivity contribution in [2.45, 2.75) is 46.6 Å². The summed E-state index contributed by atoms with van der Waals surface area (Å²) in [6, 6.07) is 0.532. The number of nitrogens with one attached hydrogen (secondary N) is 1. The van der Waals surface area contributed by atoms with Crippen molar-refractivity contribution in [3.05, 3.63) is 0 Å². The molecule has 0 saturated carbocycles. The number of hydrogen-bond donors (Lipinski definition) is 1. The maximum absolute atomic E-state index is 5.45. The third-order valence-corrected chi connectivity index (χ3v) is 2.49. The third kappa shape index (κ3) is 6.05. The van der Waals surface area contributed by atoms with E-state index in [-0.39, 0.29) is 0 Å². The lowest BCUT2D eigenvalue weighted by atomic mass is 10.00. The molecule has 0 saturated heterocycles. The summed E-state index contributed by atoms with van der Waals surface area (Å²) >= 11 is 0. The normalized spacial score (nSPS) is 15.7. The maximum atomic E-state index is 5.45. The van der Waals surface area contributed by atoms with Crippen LogP contribution in [0.3, 0.4) is 0 Å². The lowest BCUT2D eigenvalue weighted by molar-refractivity contribution is 0.105. The van der Waals surface area contributed by atoms with E-state index < -0.39 is 0 Å². The van der Waals surface area contributed by atoms with Gasteiger partial charge in [-0.2, -0.15) is 0 Å². The highest BCUT2D eigenvalue weighted by atomic mass is 16.5. The van der Waals surface area contributed by atoms with Crippen molar-refractivity contribution >= 4 is 0 Å². The van der Waals surface area contributed by atoms with Crippen molar-refractivity contribution in [2.24, 2.45) is 5.92 Å². The largest absolute Gasteiger partial charge is 0.380 e. The van der Waals surface area contributed by atoms with E-state index >= 15 is 0 Å². The highest BCUT2D eigenvalue weighted by Gasteiger charge is 2.14. The van der Waals surface area contributed by atoms with Gasteiger partial charge in [0.25, 0.3) is 0 Å². The first-order valence-electron chi connectivity index (χ1n) is 5.57. The van der Waals surface area contributed by atoms with Gasteiger partial charge in [0.05, 0.1) is 6.61 Å². The second kappa shape index (κ2) is 8.52. The molecule has 13 heavy (non-hydrogen) atoms. The van der Waals surface area contributed by atoms with E-state index in [4.69, 9.17) is 4.74 Å². The molecule has 0 aromatic heterocycles. The number of rotatable bonds is 8. The van der Waals surface area contributed by atoms with E-state index in [0.29, 0.717) is 12.0 Å². The zero-order valence-electron chi connectivity index (χ0n) is 9.60. The molecule has 0 aliphatic heterocycles. The lowest BCUT2D eigenvalue weighted by Crippen LogP contribution is -2.39. The van der Waals surface area contributed by atoms with Gasteiger partial charge < -0.3 is 10.1 Å². The zero-order chi connectivity index (χ0) is 10.1. The quantitative estimate of drug-likeness (QED) is 0.630. The Morgan fingerprint density at radius 2 is 1.92 bits per heavy atom. The zero-order valence-corrected chi connectivity index (χ0v) is 9.60. The average Bonchev–Trinajstić information content (AvgIpc) is 2.17. The van der Waals surface area contributed by atoms with Crippen LogP contribution in [0.1, 0.15) is 40.5 Å². The fourth-order valence-corrected chi connectivity index (χ4v) is 1.28. The molecule has 1 N–H and O–H groups in total. The summed E-state index contributed by atoms with van der Waals surface area (Å²) in [4.78, 5) is 0. The van der Waals surface area contributed by atoms with Gasteiger partial charge >= 0.3 is 0 Å². The molecule has 0 fully saturated rings. The lowest BCUT2D eigenvalue weighted by Gasteiger charge is -2.23. The van der Waals surface area contributed by atoms with Crippen LogP contribution in [0.4, 0.5) is 0 Å². The summed E-state index contributed by atoms with van der Waals surface area (Å²) in [6.45, 7) is 11.5. The molecule has 0 rings (SSSR count). The summed E-state index contributed by atoms with van der Waals surface area (Å²) < 4.78 is 5.45. The Bertz CT molecular complexity index is 98.3. The Morgan fingerprint density at radius 1 is 1.23 bits per heavy atom. The van der Waals surface area contributed by atoms with Crippen molar-refractivity contribution in [3.8, 4) is 0 Å². The Kier molecular flexibility index (Phi) is 8.46. The van der Waals surface area contributed by atoms with Gasteiger partial charge in [0, 0.05) is 12.6 Å². The second-order valence-electron chi connectivity index (χ2n) is 3.61. The van der Waals surface area contributed by atoms with E-state index in [2.05, 4.69) is 26.1 Å². The summed E-state index contributed by atoms with van der Waals surface area (Å²) in [5.41, 5.74) is 0. The van der Waals surface area contributed by atoms with Crippen LogP contribution in [0.15, 0.2) is 0 Å². The third-order valence-electron chi connectivity index (χ3n) is 2.49. The predicted molar refractivity (Wildman–Crippen MR) is 58.0 cm³/mol. The molecule has 0 aliphatic carbocycles. The van der Waals surface area contributed by atoms with Gasteiger partial charge in [0.2, 0.25) is 0 Å². The Morgan fingerprint density at radius 3 is 2.38 bits per heavy atom. The predicted octanol–water partition coefficient (Wildman–Crippen LogP) is 2.44. The van der Waals surface area contributed by atoms with Crippen LogP contribution >= 0.6 is 0 Å². The van der Waals surface area contributed by atoms with Gasteiger partial charge in [-0.3, -0.25) is 0 Å². The molecule has 0 amide bonds. The van der Waals surface area contributed by atoms with E-state index in [1.165, 1.54) is 12.8 Å². The molecule has 0 aromatic rings. The Labute approximate surface area is 83.1 Å². The summed E-state index contributed by atoms with van der Waals surface area (Å²) in [6.07, 6.45) is 2.41. The van der Waals surface area contributed by atoms with Gasteiger partial charge in [-0.25, -0.2) is 0 Å². The van der Waals surface area contributed by atoms with E-state index in [1.807, 2.05) is 6.92 Å². The Balaban J connectivity index is 3.72. The highest BCUT2D eigenvalue weighted by Crippen LogP contribution is 2.07. The molecular weight excluding hydrogens is 162 g/mol. The van der Waals surface area contributed by atoms with Crippen LogP contribution in [0.5, 0.6) is 0 Å². The fraction of sp³-hybridized carbons (Fsp3) is 1.00. The average molecular weight is 187 g/mol. The molecule has 80 valence electrons. The van der Waals surface area contributed by atoms with Gasteiger partial charge in [0.1, 0.15) is 0 Å². The topological polar surface area (TPSA) is 21.3 Å². The smallest absolute Gasteiger partial charge is 0.0622 e. The van der Waals surface area contributed by atoms with Crippen LogP contribution in [0, 0.1) is 5.92 Å². The molecule has 2 atom stereocenters. The monoisotopic (exact) mass is 187 g/mol. The van der Waals surface area contributed by atoms with Gasteiger partial charge in [0.15, 0.2) is 0 Å². The molecule has 0 heterocycles. The van der Waals surface area contributed by atoms with Gasteiger partial charge in [-0.1, -0.05) is 27.2 Å². The minimum absolute atomic E-state index is 0.532. The summed E-state index contributed by atoms with van der Waals surface area (Å²) in [5, 5.41) is 3.53. The van der Waals surface area contributed by atoms with Crippen molar-refractivity contribution in [2.75, 3.05) is 19.8 Å². The summed E-state index contributed by atoms with van der Waals surface area (Å²) in [7, 11) is 0. The van der Waals surface area contributed by atoms with Crippen LogP contribution < -0.4 is 5.32 Å². The molecule has 0 radical (unpaired) electrons. The Hall–Kier alpha value is -0.0800. The minimum Gasteiger partial charge on any atom is -0.380 e. The molecule has 2 nitrogen and oxygen atoms in total. The van der Waals surface area contributed by atoms with E-state index in [9.17, 15) is 0 Å². The molecule has 0 bridgehead atoms. The van der Waals surface area contributed by atoms with Crippen molar-refractivity contribution in [1.29, 1.82) is 0 Å². The first-order valence-corrected chi connectivity index (χ1v) is 5.57. The number of ether oxygens (including phenoxy) is 1. The molecule has 0 spiro atoms. The van der Waals surface area contributed by atoms with E-state index in [1.54, 1.807) is 0 Å². The van der Waals surface area contributed by atoms with Crippen LogP contribution in [0.2, 0.25) is 0 Å². The molecule has 0 aromatic carbocycles. The molecule has 2 heteroatoms. The van der Waals surface area contributed by atoms with Crippen molar-refractivity contribution in [1.82, 2.24) is 5.32 Å². The minimum atomic E-state index is 0.532. The molecular formula is C11H25NO. The van der Waals surface area contributed by atoms with Crippen LogP contribution in [-0.2, 0) is 4.74 Å². The van der Waals surface area contributed by atoms with Gasteiger partial charge in [-0.15, -0.1) is 0 Å². The fourth-order valence-electron chi connectivity index (χ4n) is 1.28. The van der Waals surface area contributed by atoms with Crippen LogP contribution in [-0.4, -0.2) is 25.8 Å².